The van der Waals surface area contributed by atoms with Gasteiger partial charge < -0.3 is 4.42 Å². The molecule has 0 spiro atoms. The number of nitrogens with zero attached hydrogens (tertiary/aromatic N) is 2. The average Bonchev–Trinajstić information content (AvgIpc) is 3.05. The Balaban J connectivity index is 2.05. The molecule has 0 aliphatic rings. The number of hydrogen-bond acceptors (Lipinski definition) is 3. The summed E-state index contributed by atoms with van der Waals surface area (Å²) in [7, 11) is 1.88. The van der Waals surface area contributed by atoms with Crippen LogP contribution < -0.4 is 0 Å². The highest BCUT2D eigenvalue weighted by Gasteiger charge is 2.10. The normalized spacial score (nSPS) is 10.7. The number of carbonyl (C=O) groups excluding carboxylic acids is 1. The fraction of sp³-hybridized carbons (Fsp3) is 0.0667. The van der Waals surface area contributed by atoms with Gasteiger partial charge >= 0.3 is 0 Å². The van der Waals surface area contributed by atoms with Crippen LogP contribution in [0.15, 0.2) is 51.5 Å². The Bertz CT molecular complexity index is 774. The molecule has 0 saturated heterocycles. The van der Waals surface area contributed by atoms with Crippen molar-refractivity contribution in [2.45, 2.75) is 0 Å². The van der Waals surface area contributed by atoms with Gasteiger partial charge in [-0.2, -0.15) is 5.10 Å². The summed E-state index contributed by atoms with van der Waals surface area (Å²) >= 11 is 3.50. The zero-order chi connectivity index (χ0) is 14.1. The van der Waals surface area contributed by atoms with E-state index in [0.29, 0.717) is 17.8 Å². The van der Waals surface area contributed by atoms with Gasteiger partial charge in [0.2, 0.25) is 0 Å². The van der Waals surface area contributed by atoms with E-state index in [4.69, 9.17) is 4.42 Å². The van der Waals surface area contributed by atoms with Crippen molar-refractivity contribution in [1.29, 1.82) is 0 Å². The lowest BCUT2D eigenvalue weighted by molar-refractivity contribution is 0.110. The van der Waals surface area contributed by atoms with Gasteiger partial charge in [0.25, 0.3) is 0 Å². The molecule has 2 heterocycles. The van der Waals surface area contributed by atoms with Gasteiger partial charge in [0, 0.05) is 24.4 Å². The van der Waals surface area contributed by atoms with Gasteiger partial charge in [-0.05, 0) is 34.1 Å². The molecular weight excluding hydrogens is 320 g/mol. The van der Waals surface area contributed by atoms with Gasteiger partial charge in [0.05, 0.1) is 4.47 Å². The first-order valence-electron chi connectivity index (χ1n) is 6.02. The Morgan fingerprint density at radius 1 is 1.25 bits per heavy atom. The third-order valence-electron chi connectivity index (χ3n) is 2.95. The van der Waals surface area contributed by atoms with Crippen molar-refractivity contribution in [3.8, 4) is 22.6 Å². The molecule has 0 amide bonds. The molecule has 0 unspecified atom stereocenters. The Hall–Kier alpha value is -2.14. The molecule has 0 bridgehead atoms. The van der Waals surface area contributed by atoms with Crippen molar-refractivity contribution in [2.24, 2.45) is 7.05 Å². The van der Waals surface area contributed by atoms with Crippen LogP contribution in [0.1, 0.15) is 10.6 Å². The lowest BCUT2D eigenvalue weighted by atomic mass is 10.1. The maximum atomic E-state index is 10.7. The van der Waals surface area contributed by atoms with Gasteiger partial charge in [-0.25, -0.2) is 0 Å². The number of rotatable bonds is 3. The van der Waals surface area contributed by atoms with Crippen LogP contribution in [0.3, 0.4) is 0 Å². The van der Waals surface area contributed by atoms with Gasteiger partial charge in [-0.3, -0.25) is 9.48 Å². The lowest BCUT2D eigenvalue weighted by Crippen LogP contribution is -1.88. The Kier molecular flexibility index (Phi) is 3.28. The summed E-state index contributed by atoms with van der Waals surface area (Å²) in [5.74, 6) is 0.991. The monoisotopic (exact) mass is 330 g/mol. The Labute approximate surface area is 124 Å². The second-order valence-electron chi connectivity index (χ2n) is 4.40. The van der Waals surface area contributed by atoms with Crippen molar-refractivity contribution in [3.05, 3.63) is 52.8 Å². The first kappa shape index (κ1) is 12.9. The third kappa shape index (κ3) is 2.32. The summed E-state index contributed by atoms with van der Waals surface area (Å²) in [5.41, 5.74) is 2.77. The molecule has 0 N–H and O–H groups in total. The number of aromatic nitrogens is 2. The quantitative estimate of drug-likeness (QED) is 0.684. The summed E-state index contributed by atoms with van der Waals surface area (Å²) in [5, 5.41) is 4.42. The number of aryl methyl sites for hydroxylation is 1. The maximum absolute atomic E-state index is 10.7. The largest absolute Gasteiger partial charge is 0.453 e. The van der Waals surface area contributed by atoms with Crippen molar-refractivity contribution < 1.29 is 9.21 Å². The van der Waals surface area contributed by atoms with Crippen molar-refractivity contribution in [1.82, 2.24) is 9.78 Å². The Morgan fingerprint density at radius 2 is 2.05 bits per heavy atom. The van der Waals surface area contributed by atoms with Crippen LogP contribution in [0, 0.1) is 0 Å². The summed E-state index contributed by atoms with van der Waals surface area (Å²) < 4.78 is 8.13. The minimum atomic E-state index is 0.324. The predicted octanol–water partition coefficient (Wildman–Crippen LogP) is 3.92. The highest BCUT2D eigenvalue weighted by atomic mass is 79.9. The van der Waals surface area contributed by atoms with E-state index in [2.05, 4.69) is 21.0 Å². The minimum Gasteiger partial charge on any atom is -0.453 e. The number of halogens is 1. The molecule has 0 aliphatic heterocycles. The molecule has 0 fully saturated rings. The molecule has 20 heavy (non-hydrogen) atoms. The van der Waals surface area contributed by atoms with E-state index < -0.39 is 0 Å². The van der Waals surface area contributed by atoms with Crippen LogP contribution in [0.5, 0.6) is 0 Å². The second kappa shape index (κ2) is 5.09. The summed E-state index contributed by atoms with van der Waals surface area (Å²) in [6, 6.07) is 11.3. The Morgan fingerprint density at radius 3 is 2.70 bits per heavy atom. The molecule has 1 aromatic carbocycles. The van der Waals surface area contributed by atoms with E-state index in [1.54, 1.807) is 16.8 Å². The van der Waals surface area contributed by atoms with Crippen LogP contribution in [-0.4, -0.2) is 16.1 Å². The first-order chi connectivity index (χ1) is 9.67. The molecule has 3 aromatic rings. The van der Waals surface area contributed by atoms with Crippen LogP contribution >= 0.6 is 15.9 Å². The van der Waals surface area contributed by atoms with Gasteiger partial charge in [0.15, 0.2) is 12.0 Å². The number of aldehydes is 1. The molecule has 100 valence electrons. The van der Waals surface area contributed by atoms with Gasteiger partial charge in [0.1, 0.15) is 11.5 Å². The van der Waals surface area contributed by atoms with Crippen molar-refractivity contribution in [2.75, 3.05) is 0 Å². The van der Waals surface area contributed by atoms with E-state index in [1.165, 1.54) is 0 Å². The number of carbonyl (C=O) groups is 1. The zero-order valence-corrected chi connectivity index (χ0v) is 12.3. The standard InChI is InChI=1S/C15H11BrN2O2/c1-18-8-13(16)15(17-18)11-4-2-3-10(7-11)14-6-5-12(9-19)20-14/h2-9H,1H3. The molecule has 4 nitrogen and oxygen atoms in total. The van der Waals surface area contributed by atoms with E-state index in [9.17, 15) is 4.79 Å². The van der Waals surface area contributed by atoms with Crippen LogP contribution in [0.4, 0.5) is 0 Å². The maximum Gasteiger partial charge on any atom is 0.185 e. The third-order valence-corrected chi connectivity index (χ3v) is 3.53. The second-order valence-corrected chi connectivity index (χ2v) is 5.25. The van der Waals surface area contributed by atoms with E-state index in [0.717, 1.165) is 21.3 Å². The molecule has 2 aromatic heterocycles. The topological polar surface area (TPSA) is 48.0 Å². The average molecular weight is 331 g/mol. The SMILES string of the molecule is Cn1cc(Br)c(-c2cccc(-c3ccc(C=O)o3)c2)n1. The van der Waals surface area contributed by atoms with Crippen molar-refractivity contribution in [3.63, 3.8) is 0 Å². The van der Waals surface area contributed by atoms with E-state index >= 15 is 0 Å². The van der Waals surface area contributed by atoms with Crippen LogP contribution in [0.25, 0.3) is 22.6 Å². The van der Waals surface area contributed by atoms with Crippen LogP contribution in [0.2, 0.25) is 0 Å². The molecule has 0 atom stereocenters. The number of hydrogen-bond donors (Lipinski definition) is 0. The summed E-state index contributed by atoms with van der Waals surface area (Å²) in [4.78, 5) is 10.7. The molecule has 0 saturated carbocycles. The molecule has 3 rings (SSSR count). The smallest absolute Gasteiger partial charge is 0.185 e. The summed E-state index contributed by atoms with van der Waals surface area (Å²) in [6.07, 6.45) is 2.60. The fourth-order valence-corrected chi connectivity index (χ4v) is 2.65. The molecular formula is C15H11BrN2O2. The summed E-state index contributed by atoms with van der Waals surface area (Å²) in [6.45, 7) is 0. The zero-order valence-electron chi connectivity index (χ0n) is 10.7. The number of benzene rings is 1. The van der Waals surface area contributed by atoms with Crippen molar-refractivity contribution >= 4 is 22.2 Å². The van der Waals surface area contributed by atoms with Gasteiger partial charge in [-0.1, -0.05) is 18.2 Å². The molecule has 0 radical (unpaired) electrons. The van der Waals surface area contributed by atoms with E-state index in [-0.39, 0.29) is 0 Å². The first-order valence-corrected chi connectivity index (χ1v) is 6.81. The fourth-order valence-electron chi connectivity index (χ4n) is 2.05. The number of furan rings is 1. The predicted molar refractivity (Wildman–Crippen MR) is 79.4 cm³/mol. The van der Waals surface area contributed by atoms with E-state index in [1.807, 2.05) is 37.5 Å². The molecule has 0 aliphatic carbocycles. The lowest BCUT2D eigenvalue weighted by Gasteiger charge is -2.01. The highest BCUT2D eigenvalue weighted by molar-refractivity contribution is 9.10. The molecule has 5 heteroatoms. The minimum absolute atomic E-state index is 0.324. The highest BCUT2D eigenvalue weighted by Crippen LogP contribution is 2.30. The van der Waals surface area contributed by atoms with Crippen LogP contribution in [-0.2, 0) is 7.05 Å². The van der Waals surface area contributed by atoms with Gasteiger partial charge in [-0.15, -0.1) is 0 Å².